The average molecular weight is 276 g/mol. The summed E-state index contributed by atoms with van der Waals surface area (Å²) >= 11 is 2.25. The van der Waals surface area contributed by atoms with Gasteiger partial charge in [-0.15, -0.1) is 0 Å². The Hall–Kier alpha value is -0.850. The normalized spacial score (nSPS) is 10.8. The van der Waals surface area contributed by atoms with E-state index in [1.807, 2.05) is 12.1 Å². The largest absolute Gasteiger partial charge is 0.359 e. The van der Waals surface area contributed by atoms with Gasteiger partial charge < -0.3 is 5.21 Å². The van der Waals surface area contributed by atoms with Crippen LogP contribution >= 0.6 is 22.6 Å². The smallest absolute Gasteiger partial charge is 0.248 e. The van der Waals surface area contributed by atoms with Crippen LogP contribution in [-0.4, -0.2) is 5.16 Å². The van der Waals surface area contributed by atoms with E-state index in [0.717, 1.165) is 9.99 Å². The molecular formula is C7H5IN2O2. The van der Waals surface area contributed by atoms with Gasteiger partial charge in [-0.05, 0) is 16.5 Å². The Kier molecular flexibility index (Phi) is 1.87. The van der Waals surface area contributed by atoms with Gasteiger partial charge in [0.15, 0.2) is 0 Å². The molecule has 0 aliphatic rings. The maximum Gasteiger partial charge on any atom is 0.248 e. The molecule has 0 N–H and O–H groups in total. The molecule has 0 aliphatic heterocycles. The van der Waals surface area contributed by atoms with E-state index >= 15 is 0 Å². The van der Waals surface area contributed by atoms with Crippen molar-refractivity contribution in [2.24, 2.45) is 0 Å². The van der Waals surface area contributed by atoms with Gasteiger partial charge in [-0.1, -0.05) is 28.7 Å². The first-order chi connectivity index (χ1) is 5.81. The number of benzene rings is 1. The standard InChI is InChI=1S/C7H5IN2O2/c8-4-5-1-2-7-6(3-5)9-12-10(7)11/h1-3H,4H2. The van der Waals surface area contributed by atoms with Crippen molar-refractivity contribution in [1.29, 1.82) is 0 Å². The van der Waals surface area contributed by atoms with Crippen molar-refractivity contribution in [2.75, 3.05) is 0 Å². The van der Waals surface area contributed by atoms with Crippen LogP contribution < -0.4 is 4.90 Å². The van der Waals surface area contributed by atoms with Crippen molar-refractivity contribution in [2.45, 2.75) is 4.43 Å². The monoisotopic (exact) mass is 276 g/mol. The summed E-state index contributed by atoms with van der Waals surface area (Å²) in [6.07, 6.45) is 0. The molecule has 0 atom stereocenters. The highest BCUT2D eigenvalue weighted by Gasteiger charge is 2.08. The number of nitrogens with zero attached hydrogens (tertiary/aromatic N) is 2. The van der Waals surface area contributed by atoms with E-state index in [1.54, 1.807) is 6.07 Å². The van der Waals surface area contributed by atoms with Crippen molar-refractivity contribution in [3.63, 3.8) is 0 Å². The Balaban J connectivity index is 2.69. The summed E-state index contributed by atoms with van der Waals surface area (Å²) in [6, 6.07) is 5.45. The summed E-state index contributed by atoms with van der Waals surface area (Å²) < 4.78 is 5.33. The van der Waals surface area contributed by atoms with Crippen LogP contribution in [0.3, 0.4) is 0 Å². The van der Waals surface area contributed by atoms with E-state index in [9.17, 15) is 5.21 Å². The molecule has 62 valence electrons. The number of fused-ring (bicyclic) bond motifs is 1. The molecule has 0 saturated carbocycles. The summed E-state index contributed by atoms with van der Waals surface area (Å²) in [4.78, 5) is 0.409. The minimum atomic E-state index is 0.409. The molecule has 1 heterocycles. The molecule has 0 spiro atoms. The first-order valence-electron chi connectivity index (χ1n) is 3.35. The second kappa shape index (κ2) is 2.89. The molecule has 2 aromatic rings. The van der Waals surface area contributed by atoms with Gasteiger partial charge in [0.05, 0.1) is 0 Å². The minimum absolute atomic E-state index is 0.409. The number of aromatic nitrogens is 2. The van der Waals surface area contributed by atoms with E-state index in [0.29, 0.717) is 15.9 Å². The van der Waals surface area contributed by atoms with Gasteiger partial charge in [0.1, 0.15) is 0 Å². The van der Waals surface area contributed by atoms with Gasteiger partial charge in [-0.3, -0.25) is 4.63 Å². The van der Waals surface area contributed by atoms with Gasteiger partial charge in [-0.25, -0.2) is 0 Å². The van der Waals surface area contributed by atoms with Crippen LogP contribution in [0.2, 0.25) is 0 Å². The Morgan fingerprint density at radius 3 is 3.17 bits per heavy atom. The van der Waals surface area contributed by atoms with Crippen LogP contribution in [0.1, 0.15) is 5.56 Å². The zero-order chi connectivity index (χ0) is 8.55. The second-order valence-corrected chi connectivity index (χ2v) is 3.15. The molecule has 0 amide bonds. The van der Waals surface area contributed by atoms with Crippen LogP contribution in [0.4, 0.5) is 0 Å². The summed E-state index contributed by atoms with van der Waals surface area (Å²) in [5, 5.41) is 14.5. The third-order valence-corrected chi connectivity index (χ3v) is 2.48. The molecule has 2 rings (SSSR count). The Bertz CT molecular complexity index is 413. The predicted molar refractivity (Wildman–Crippen MR) is 50.7 cm³/mol. The van der Waals surface area contributed by atoms with Crippen molar-refractivity contribution in [1.82, 2.24) is 5.16 Å². The van der Waals surface area contributed by atoms with Crippen molar-refractivity contribution >= 4 is 33.6 Å². The third kappa shape index (κ3) is 1.13. The lowest BCUT2D eigenvalue weighted by atomic mass is 10.2. The predicted octanol–water partition coefficient (Wildman–Crippen LogP) is 1.40. The van der Waals surface area contributed by atoms with Gasteiger partial charge in [0.2, 0.25) is 11.0 Å². The molecule has 1 aromatic carbocycles. The quantitative estimate of drug-likeness (QED) is 0.449. The highest BCUT2D eigenvalue weighted by Crippen LogP contribution is 2.12. The van der Waals surface area contributed by atoms with Gasteiger partial charge in [0, 0.05) is 15.7 Å². The molecule has 0 bridgehead atoms. The molecule has 12 heavy (non-hydrogen) atoms. The van der Waals surface area contributed by atoms with E-state index in [-0.39, 0.29) is 0 Å². The van der Waals surface area contributed by atoms with Crippen molar-refractivity contribution in [3.05, 3.63) is 29.0 Å². The van der Waals surface area contributed by atoms with Gasteiger partial charge in [-0.2, -0.15) is 0 Å². The lowest BCUT2D eigenvalue weighted by Gasteiger charge is -1.90. The summed E-state index contributed by atoms with van der Waals surface area (Å²) in [5.41, 5.74) is 2.22. The molecule has 4 nitrogen and oxygen atoms in total. The SMILES string of the molecule is [O-][n+]1onc2cc(CI)ccc21. The fourth-order valence-corrected chi connectivity index (χ4v) is 1.48. The number of halogens is 1. The summed E-state index contributed by atoms with van der Waals surface area (Å²) in [6.45, 7) is 0. The van der Waals surface area contributed by atoms with Crippen LogP contribution in [0, 0.1) is 5.21 Å². The number of hydrogen-bond donors (Lipinski definition) is 0. The molecule has 0 fully saturated rings. The minimum Gasteiger partial charge on any atom is -0.359 e. The van der Waals surface area contributed by atoms with Crippen LogP contribution in [-0.2, 0) is 4.43 Å². The fourth-order valence-electron chi connectivity index (χ4n) is 1.00. The second-order valence-electron chi connectivity index (χ2n) is 2.39. The first kappa shape index (κ1) is 7.78. The summed E-state index contributed by atoms with van der Waals surface area (Å²) in [7, 11) is 0. The zero-order valence-corrected chi connectivity index (χ0v) is 8.19. The third-order valence-electron chi connectivity index (χ3n) is 1.60. The Morgan fingerprint density at radius 2 is 2.42 bits per heavy atom. The lowest BCUT2D eigenvalue weighted by molar-refractivity contribution is -0.782. The van der Waals surface area contributed by atoms with Gasteiger partial charge in [0.25, 0.3) is 0 Å². The maximum absolute atomic E-state index is 10.9. The molecule has 0 aliphatic carbocycles. The van der Waals surface area contributed by atoms with E-state index in [1.165, 1.54) is 0 Å². The lowest BCUT2D eigenvalue weighted by Crippen LogP contribution is -2.22. The molecule has 0 unspecified atom stereocenters. The zero-order valence-electron chi connectivity index (χ0n) is 6.03. The van der Waals surface area contributed by atoms with E-state index < -0.39 is 0 Å². The van der Waals surface area contributed by atoms with Crippen molar-refractivity contribution in [3.8, 4) is 0 Å². The molecule has 1 aromatic heterocycles. The fraction of sp³-hybridized carbons (Fsp3) is 0.143. The highest BCUT2D eigenvalue weighted by molar-refractivity contribution is 14.1. The Labute approximate surface area is 81.8 Å². The Morgan fingerprint density at radius 1 is 1.58 bits per heavy atom. The van der Waals surface area contributed by atoms with Crippen LogP contribution in [0.5, 0.6) is 0 Å². The van der Waals surface area contributed by atoms with Crippen LogP contribution in [0.15, 0.2) is 22.8 Å². The molecule has 0 radical (unpaired) electrons. The number of hydrogen-bond acceptors (Lipinski definition) is 3. The molecular weight excluding hydrogens is 271 g/mol. The first-order valence-corrected chi connectivity index (χ1v) is 4.88. The molecule has 5 heteroatoms. The maximum atomic E-state index is 10.9. The number of alkyl halides is 1. The van der Waals surface area contributed by atoms with E-state index in [2.05, 4.69) is 32.4 Å². The van der Waals surface area contributed by atoms with E-state index in [4.69, 9.17) is 0 Å². The molecule has 0 saturated heterocycles. The summed E-state index contributed by atoms with van der Waals surface area (Å²) in [5.74, 6) is 0. The highest BCUT2D eigenvalue weighted by atomic mass is 127. The average Bonchev–Trinajstić information content (AvgIpc) is 2.47. The topological polar surface area (TPSA) is 53.0 Å². The van der Waals surface area contributed by atoms with Crippen LogP contribution in [0.25, 0.3) is 11.0 Å². The number of rotatable bonds is 1. The van der Waals surface area contributed by atoms with Gasteiger partial charge >= 0.3 is 0 Å². The van der Waals surface area contributed by atoms with Crippen molar-refractivity contribution < 1.29 is 9.53 Å².